The van der Waals surface area contributed by atoms with Crippen molar-refractivity contribution in [3.8, 4) is 0 Å². The van der Waals surface area contributed by atoms with E-state index in [1.54, 1.807) is 17.0 Å². The number of non-ortho nitro benzene ring substituents is 1. The molecular weight excluding hydrogens is 388 g/mol. The number of rotatable bonds is 5. The lowest BCUT2D eigenvalue weighted by molar-refractivity contribution is -0.384. The van der Waals surface area contributed by atoms with E-state index in [0.29, 0.717) is 18.5 Å². The van der Waals surface area contributed by atoms with E-state index < -0.39 is 10.5 Å². The molecular formula is C21H24N4O3S. The van der Waals surface area contributed by atoms with Gasteiger partial charge in [0, 0.05) is 23.5 Å². The summed E-state index contributed by atoms with van der Waals surface area (Å²) in [5.74, 6) is -0.169. The number of hydrogen-bond donors (Lipinski definition) is 2. The second kappa shape index (κ2) is 8.57. The van der Waals surface area contributed by atoms with Gasteiger partial charge in [0.25, 0.3) is 11.6 Å². The summed E-state index contributed by atoms with van der Waals surface area (Å²) < 4.78 is 0. The number of carbonyl (C=O) groups excluding carboxylic acids is 1. The number of amides is 1. The molecule has 29 heavy (non-hydrogen) atoms. The Kier molecular flexibility index (Phi) is 6.12. The third kappa shape index (κ3) is 4.22. The van der Waals surface area contributed by atoms with E-state index in [4.69, 9.17) is 18.0 Å². The first kappa shape index (κ1) is 20.7. The van der Waals surface area contributed by atoms with Crippen LogP contribution >= 0.6 is 12.2 Å². The molecule has 3 N–H and O–H groups in total. The van der Waals surface area contributed by atoms with Gasteiger partial charge >= 0.3 is 0 Å². The van der Waals surface area contributed by atoms with Crippen LogP contribution in [-0.4, -0.2) is 21.5 Å². The third-order valence-electron chi connectivity index (χ3n) is 5.46. The van der Waals surface area contributed by atoms with Crippen LogP contribution in [-0.2, 0) is 4.79 Å². The molecule has 0 aliphatic heterocycles. The van der Waals surface area contributed by atoms with Gasteiger partial charge < -0.3 is 16.0 Å². The molecule has 8 heteroatoms. The quantitative estimate of drug-likeness (QED) is 0.431. The van der Waals surface area contributed by atoms with Crippen LogP contribution in [0.25, 0.3) is 0 Å². The minimum Gasteiger partial charge on any atom is -0.376 e. The molecule has 7 nitrogen and oxygen atoms in total. The van der Waals surface area contributed by atoms with Gasteiger partial charge in [0.1, 0.15) is 5.54 Å². The van der Waals surface area contributed by atoms with Crippen molar-refractivity contribution in [1.82, 2.24) is 0 Å². The van der Waals surface area contributed by atoms with Crippen molar-refractivity contribution in [2.45, 2.75) is 44.6 Å². The topological polar surface area (TPSA) is 102 Å². The standard InChI is InChI=1S/C21H24N4O3S/c1-15-7-3-4-8-18(15)23-19(26)21(13-5-2-6-14-21)24(20(22)29)16-9-11-17(12-10-16)25(27)28/h3-4,7-12H,2,5-6,13-14H2,1H3,(H2,22,29)(H,23,26). The van der Waals surface area contributed by atoms with Gasteiger partial charge in [0.2, 0.25) is 0 Å². The molecule has 0 aromatic heterocycles. The molecule has 2 aromatic rings. The summed E-state index contributed by atoms with van der Waals surface area (Å²) in [7, 11) is 0. The van der Waals surface area contributed by atoms with E-state index >= 15 is 0 Å². The monoisotopic (exact) mass is 412 g/mol. The Labute approximate surface area is 175 Å². The summed E-state index contributed by atoms with van der Waals surface area (Å²) >= 11 is 5.34. The summed E-state index contributed by atoms with van der Waals surface area (Å²) in [6.07, 6.45) is 3.96. The molecule has 1 fully saturated rings. The molecule has 0 atom stereocenters. The summed E-state index contributed by atoms with van der Waals surface area (Å²) in [5, 5.41) is 14.1. The van der Waals surface area contributed by atoms with Crippen LogP contribution in [0.15, 0.2) is 48.5 Å². The van der Waals surface area contributed by atoms with Crippen LogP contribution in [0.1, 0.15) is 37.7 Å². The predicted molar refractivity (Wildman–Crippen MR) is 118 cm³/mol. The maximum Gasteiger partial charge on any atom is 0.269 e. The van der Waals surface area contributed by atoms with E-state index in [-0.39, 0.29) is 16.7 Å². The molecule has 0 saturated heterocycles. The van der Waals surface area contributed by atoms with Crippen LogP contribution in [0.3, 0.4) is 0 Å². The first-order chi connectivity index (χ1) is 13.8. The number of nitrogens with zero attached hydrogens (tertiary/aromatic N) is 2. The molecule has 0 spiro atoms. The van der Waals surface area contributed by atoms with Gasteiger partial charge in [0.05, 0.1) is 4.92 Å². The van der Waals surface area contributed by atoms with Crippen LogP contribution < -0.4 is 16.0 Å². The number of nitro groups is 1. The van der Waals surface area contributed by atoms with Gasteiger partial charge in [-0.25, -0.2) is 0 Å². The molecule has 1 aliphatic rings. The molecule has 1 aliphatic carbocycles. The molecule has 0 bridgehead atoms. The maximum atomic E-state index is 13.6. The number of nitro benzene ring substituents is 1. The Morgan fingerprint density at radius 1 is 1.14 bits per heavy atom. The molecule has 0 unspecified atom stereocenters. The molecule has 152 valence electrons. The van der Waals surface area contributed by atoms with Gasteiger partial charge in [0.15, 0.2) is 5.11 Å². The van der Waals surface area contributed by atoms with Crippen molar-refractivity contribution < 1.29 is 9.72 Å². The van der Waals surface area contributed by atoms with Crippen molar-refractivity contribution in [3.05, 3.63) is 64.2 Å². The van der Waals surface area contributed by atoms with Gasteiger partial charge in [-0.15, -0.1) is 0 Å². The normalized spacial score (nSPS) is 15.3. The van der Waals surface area contributed by atoms with Crippen molar-refractivity contribution >= 4 is 40.3 Å². The number of hydrogen-bond acceptors (Lipinski definition) is 4. The van der Waals surface area contributed by atoms with Crippen molar-refractivity contribution in [2.75, 3.05) is 10.2 Å². The van der Waals surface area contributed by atoms with Crippen molar-refractivity contribution in [3.63, 3.8) is 0 Å². The second-order valence-corrected chi connectivity index (χ2v) is 7.73. The molecule has 0 radical (unpaired) electrons. The van der Waals surface area contributed by atoms with E-state index in [1.807, 2.05) is 31.2 Å². The molecule has 1 saturated carbocycles. The van der Waals surface area contributed by atoms with E-state index in [9.17, 15) is 14.9 Å². The fourth-order valence-electron chi connectivity index (χ4n) is 3.95. The minimum absolute atomic E-state index is 0.0290. The highest BCUT2D eigenvalue weighted by atomic mass is 32.1. The maximum absolute atomic E-state index is 13.6. The van der Waals surface area contributed by atoms with Crippen LogP contribution in [0.5, 0.6) is 0 Å². The Morgan fingerprint density at radius 2 is 1.76 bits per heavy atom. The number of carbonyl (C=O) groups is 1. The average Bonchev–Trinajstić information content (AvgIpc) is 2.70. The average molecular weight is 413 g/mol. The number of nitrogens with one attached hydrogen (secondary N) is 1. The number of aryl methyl sites for hydroxylation is 1. The van der Waals surface area contributed by atoms with Crippen LogP contribution in [0.2, 0.25) is 0 Å². The van der Waals surface area contributed by atoms with Crippen LogP contribution in [0, 0.1) is 17.0 Å². The fourth-order valence-corrected chi connectivity index (χ4v) is 4.23. The highest BCUT2D eigenvalue weighted by molar-refractivity contribution is 7.80. The highest BCUT2D eigenvalue weighted by Gasteiger charge is 2.46. The van der Waals surface area contributed by atoms with E-state index in [2.05, 4.69) is 5.32 Å². The predicted octanol–water partition coefficient (Wildman–Crippen LogP) is 4.29. The Hall–Kier alpha value is -3.00. The first-order valence-corrected chi connectivity index (χ1v) is 9.97. The second-order valence-electron chi connectivity index (χ2n) is 7.31. The zero-order chi connectivity index (χ0) is 21.0. The Morgan fingerprint density at radius 3 is 2.31 bits per heavy atom. The molecule has 2 aromatic carbocycles. The summed E-state index contributed by atoms with van der Waals surface area (Å²) in [5.41, 5.74) is 7.40. The smallest absolute Gasteiger partial charge is 0.269 e. The van der Waals surface area contributed by atoms with Crippen molar-refractivity contribution in [1.29, 1.82) is 0 Å². The summed E-state index contributed by atoms with van der Waals surface area (Å²) in [4.78, 5) is 25.8. The fraction of sp³-hybridized carbons (Fsp3) is 0.333. The van der Waals surface area contributed by atoms with E-state index in [1.165, 1.54) is 12.1 Å². The third-order valence-corrected chi connectivity index (χ3v) is 5.65. The van der Waals surface area contributed by atoms with Gasteiger partial charge in [-0.2, -0.15) is 0 Å². The number of anilines is 2. The van der Waals surface area contributed by atoms with Gasteiger partial charge in [-0.05, 0) is 55.7 Å². The number of benzene rings is 2. The van der Waals surface area contributed by atoms with Gasteiger partial charge in [-0.3, -0.25) is 14.9 Å². The Balaban J connectivity index is 2.02. The van der Waals surface area contributed by atoms with E-state index in [0.717, 1.165) is 30.5 Å². The molecule has 3 rings (SSSR count). The summed E-state index contributed by atoms with van der Waals surface area (Å²) in [6.45, 7) is 1.94. The number of nitrogens with two attached hydrogens (primary N) is 1. The zero-order valence-electron chi connectivity index (χ0n) is 16.3. The lowest BCUT2D eigenvalue weighted by Gasteiger charge is -2.45. The first-order valence-electron chi connectivity index (χ1n) is 9.56. The van der Waals surface area contributed by atoms with Gasteiger partial charge in [-0.1, -0.05) is 37.5 Å². The molecule has 0 heterocycles. The zero-order valence-corrected chi connectivity index (χ0v) is 17.1. The molecule has 1 amide bonds. The lowest BCUT2D eigenvalue weighted by atomic mass is 9.79. The van der Waals surface area contributed by atoms with Crippen molar-refractivity contribution in [2.24, 2.45) is 5.73 Å². The minimum atomic E-state index is -0.942. The largest absolute Gasteiger partial charge is 0.376 e. The SMILES string of the molecule is Cc1ccccc1NC(=O)C1(N(C(N)=S)c2ccc([N+](=O)[O-])cc2)CCCCC1. The number of para-hydroxylation sites is 1. The number of thiocarbonyl (C=S) groups is 1. The Bertz CT molecular complexity index is 924. The lowest BCUT2D eigenvalue weighted by Crippen LogP contribution is -2.61. The van der Waals surface area contributed by atoms with Crippen LogP contribution in [0.4, 0.5) is 17.1 Å². The summed E-state index contributed by atoms with van der Waals surface area (Å²) in [6, 6.07) is 13.6. The highest BCUT2D eigenvalue weighted by Crippen LogP contribution is 2.38.